The normalized spacial score (nSPS) is 22.1. The van der Waals surface area contributed by atoms with Crippen LogP contribution in [0.15, 0.2) is 0 Å². The van der Waals surface area contributed by atoms with Crippen LogP contribution in [0.5, 0.6) is 0 Å². The molecule has 6 heteroatoms. The summed E-state index contributed by atoms with van der Waals surface area (Å²) >= 11 is 1.63. The van der Waals surface area contributed by atoms with Crippen molar-refractivity contribution in [3.63, 3.8) is 0 Å². The Kier molecular flexibility index (Phi) is 5.08. The molecule has 1 saturated heterocycles. The molecule has 0 bridgehead atoms. The SMILES string of the molecule is CSCCC(N)C(=O)N1CCCC1C(=O)O. The summed E-state index contributed by atoms with van der Waals surface area (Å²) in [5.41, 5.74) is 5.75. The Balaban J connectivity index is 2.55. The van der Waals surface area contributed by atoms with E-state index in [0.29, 0.717) is 19.4 Å². The van der Waals surface area contributed by atoms with Crippen LogP contribution in [-0.2, 0) is 9.59 Å². The van der Waals surface area contributed by atoms with Crippen molar-refractivity contribution >= 4 is 23.6 Å². The summed E-state index contributed by atoms with van der Waals surface area (Å²) in [4.78, 5) is 24.2. The molecule has 1 heterocycles. The van der Waals surface area contributed by atoms with Crippen LogP contribution in [0.25, 0.3) is 0 Å². The van der Waals surface area contributed by atoms with Crippen molar-refractivity contribution in [1.29, 1.82) is 0 Å². The molecule has 0 aromatic carbocycles. The standard InChI is InChI=1S/C10H18N2O3S/c1-16-6-4-7(11)9(13)12-5-2-3-8(12)10(14)15/h7-8H,2-6,11H2,1H3,(H,14,15). The molecule has 1 aliphatic rings. The third kappa shape index (κ3) is 3.12. The van der Waals surface area contributed by atoms with E-state index in [-0.39, 0.29) is 5.91 Å². The minimum Gasteiger partial charge on any atom is -0.480 e. The van der Waals surface area contributed by atoms with Gasteiger partial charge in [-0.3, -0.25) is 4.79 Å². The molecule has 5 nitrogen and oxygen atoms in total. The minimum absolute atomic E-state index is 0.223. The zero-order chi connectivity index (χ0) is 12.1. The number of carboxylic acid groups (broad SMARTS) is 1. The molecule has 0 radical (unpaired) electrons. The molecular weight excluding hydrogens is 228 g/mol. The van der Waals surface area contributed by atoms with Gasteiger partial charge in [0.15, 0.2) is 0 Å². The van der Waals surface area contributed by atoms with Gasteiger partial charge in [-0.15, -0.1) is 0 Å². The van der Waals surface area contributed by atoms with Crippen molar-refractivity contribution in [2.45, 2.75) is 31.3 Å². The Hall–Kier alpha value is -0.750. The van der Waals surface area contributed by atoms with Gasteiger partial charge in [0.05, 0.1) is 6.04 Å². The van der Waals surface area contributed by atoms with E-state index in [1.165, 1.54) is 4.90 Å². The molecule has 1 amide bonds. The molecule has 0 aromatic rings. The maximum absolute atomic E-state index is 11.9. The van der Waals surface area contributed by atoms with Gasteiger partial charge in [-0.25, -0.2) is 4.79 Å². The molecule has 92 valence electrons. The van der Waals surface area contributed by atoms with Crippen molar-refractivity contribution in [3.05, 3.63) is 0 Å². The zero-order valence-corrected chi connectivity index (χ0v) is 10.2. The number of aliphatic carboxylic acids is 1. The van der Waals surface area contributed by atoms with Crippen molar-refractivity contribution in [2.75, 3.05) is 18.6 Å². The molecular formula is C10H18N2O3S. The lowest BCUT2D eigenvalue weighted by molar-refractivity contribution is -0.148. The van der Waals surface area contributed by atoms with Crippen LogP contribution in [0.2, 0.25) is 0 Å². The second-order valence-electron chi connectivity index (χ2n) is 3.92. The summed E-state index contributed by atoms with van der Waals surface area (Å²) in [6.07, 6.45) is 3.84. The van der Waals surface area contributed by atoms with Crippen LogP contribution in [0.1, 0.15) is 19.3 Å². The lowest BCUT2D eigenvalue weighted by atomic mass is 10.2. The van der Waals surface area contributed by atoms with E-state index < -0.39 is 18.1 Å². The number of thioether (sulfide) groups is 1. The van der Waals surface area contributed by atoms with E-state index in [9.17, 15) is 9.59 Å². The topological polar surface area (TPSA) is 83.6 Å². The van der Waals surface area contributed by atoms with E-state index in [4.69, 9.17) is 10.8 Å². The van der Waals surface area contributed by atoms with Gasteiger partial charge in [-0.05, 0) is 31.3 Å². The minimum atomic E-state index is -0.928. The quantitative estimate of drug-likeness (QED) is 0.721. The summed E-state index contributed by atoms with van der Waals surface area (Å²) in [5, 5.41) is 8.95. The van der Waals surface area contributed by atoms with Crippen LogP contribution in [0.4, 0.5) is 0 Å². The number of hydrogen-bond donors (Lipinski definition) is 2. The Morgan fingerprint density at radius 1 is 1.62 bits per heavy atom. The molecule has 3 N–H and O–H groups in total. The highest BCUT2D eigenvalue weighted by Gasteiger charge is 2.35. The first kappa shape index (κ1) is 13.3. The maximum atomic E-state index is 11.9. The van der Waals surface area contributed by atoms with Gasteiger partial charge in [0.1, 0.15) is 6.04 Å². The van der Waals surface area contributed by atoms with E-state index in [2.05, 4.69) is 0 Å². The number of amides is 1. The van der Waals surface area contributed by atoms with Crippen LogP contribution in [0, 0.1) is 0 Å². The first-order valence-corrected chi connectivity index (χ1v) is 6.75. The van der Waals surface area contributed by atoms with Crippen molar-refractivity contribution in [3.8, 4) is 0 Å². The average molecular weight is 246 g/mol. The molecule has 0 aromatic heterocycles. The maximum Gasteiger partial charge on any atom is 0.326 e. The molecule has 2 atom stereocenters. The number of carboxylic acids is 1. The van der Waals surface area contributed by atoms with Crippen LogP contribution < -0.4 is 5.73 Å². The summed E-state index contributed by atoms with van der Waals surface area (Å²) < 4.78 is 0. The van der Waals surface area contributed by atoms with Crippen molar-refractivity contribution in [2.24, 2.45) is 5.73 Å². The molecule has 0 spiro atoms. The fourth-order valence-electron chi connectivity index (χ4n) is 1.87. The Morgan fingerprint density at radius 3 is 2.88 bits per heavy atom. The monoisotopic (exact) mass is 246 g/mol. The van der Waals surface area contributed by atoms with Crippen molar-refractivity contribution < 1.29 is 14.7 Å². The third-order valence-corrected chi connectivity index (χ3v) is 3.42. The predicted molar refractivity (Wildman–Crippen MR) is 63.3 cm³/mol. The highest BCUT2D eigenvalue weighted by atomic mass is 32.2. The number of carbonyl (C=O) groups excluding carboxylic acids is 1. The van der Waals surface area contributed by atoms with Crippen LogP contribution in [0.3, 0.4) is 0 Å². The highest BCUT2D eigenvalue weighted by molar-refractivity contribution is 7.98. The van der Waals surface area contributed by atoms with Gasteiger partial charge in [-0.1, -0.05) is 0 Å². The van der Waals surface area contributed by atoms with Crippen LogP contribution >= 0.6 is 11.8 Å². The second kappa shape index (κ2) is 6.10. The molecule has 2 unspecified atom stereocenters. The van der Waals surface area contributed by atoms with Gasteiger partial charge in [0.25, 0.3) is 0 Å². The third-order valence-electron chi connectivity index (χ3n) is 2.77. The van der Waals surface area contributed by atoms with Gasteiger partial charge in [0, 0.05) is 6.54 Å². The van der Waals surface area contributed by atoms with Gasteiger partial charge >= 0.3 is 5.97 Å². The van der Waals surface area contributed by atoms with E-state index in [1.54, 1.807) is 11.8 Å². The number of rotatable bonds is 5. The van der Waals surface area contributed by atoms with Gasteiger partial charge < -0.3 is 15.7 Å². The van der Waals surface area contributed by atoms with Gasteiger partial charge in [0.2, 0.25) is 5.91 Å². The lowest BCUT2D eigenvalue weighted by Gasteiger charge is -2.24. The van der Waals surface area contributed by atoms with E-state index in [0.717, 1.165) is 12.2 Å². The largest absolute Gasteiger partial charge is 0.480 e. The Morgan fingerprint density at radius 2 is 2.31 bits per heavy atom. The first-order valence-electron chi connectivity index (χ1n) is 5.35. The molecule has 0 aliphatic carbocycles. The zero-order valence-electron chi connectivity index (χ0n) is 9.39. The average Bonchev–Trinajstić information content (AvgIpc) is 2.73. The van der Waals surface area contributed by atoms with Gasteiger partial charge in [-0.2, -0.15) is 11.8 Å². The summed E-state index contributed by atoms with van der Waals surface area (Å²) in [6.45, 7) is 0.517. The lowest BCUT2D eigenvalue weighted by Crippen LogP contribution is -2.48. The molecule has 1 fully saturated rings. The smallest absolute Gasteiger partial charge is 0.326 e. The summed E-state index contributed by atoms with van der Waals surface area (Å²) in [7, 11) is 0. The Bertz CT molecular complexity index is 273. The molecule has 16 heavy (non-hydrogen) atoms. The first-order chi connectivity index (χ1) is 7.57. The van der Waals surface area contributed by atoms with Crippen LogP contribution in [-0.4, -0.2) is 52.5 Å². The van der Waals surface area contributed by atoms with E-state index in [1.807, 2.05) is 6.26 Å². The fraction of sp³-hybridized carbons (Fsp3) is 0.800. The number of nitrogens with zero attached hydrogens (tertiary/aromatic N) is 1. The molecule has 0 saturated carbocycles. The van der Waals surface area contributed by atoms with Crippen molar-refractivity contribution in [1.82, 2.24) is 4.90 Å². The summed E-state index contributed by atoms with van der Waals surface area (Å²) in [6, 6.07) is -1.24. The fourth-order valence-corrected chi connectivity index (χ4v) is 2.36. The van der Waals surface area contributed by atoms with E-state index >= 15 is 0 Å². The predicted octanol–water partition coefficient (Wildman–Crippen LogP) is 0.142. The number of hydrogen-bond acceptors (Lipinski definition) is 4. The molecule has 1 rings (SSSR count). The summed E-state index contributed by atoms with van der Waals surface area (Å²) in [5.74, 6) is -0.333. The highest BCUT2D eigenvalue weighted by Crippen LogP contribution is 2.18. The number of likely N-dealkylation sites (tertiary alicyclic amines) is 1. The Labute approximate surface area is 99.4 Å². The second-order valence-corrected chi connectivity index (χ2v) is 4.90. The number of carbonyl (C=O) groups is 2. The number of nitrogens with two attached hydrogens (primary N) is 1. The molecule has 1 aliphatic heterocycles.